The van der Waals surface area contributed by atoms with Crippen molar-refractivity contribution in [1.29, 1.82) is 0 Å². The molecule has 0 aliphatic carbocycles. The Balaban J connectivity index is 2.10. The molecule has 27 heavy (non-hydrogen) atoms. The van der Waals surface area contributed by atoms with Crippen molar-refractivity contribution in [2.45, 2.75) is 31.7 Å². The highest BCUT2D eigenvalue weighted by Gasteiger charge is 2.22. The molecule has 0 heterocycles. The molecule has 2 aromatic carbocycles. The standard InChI is InChI=1S/C19H22N2O5S/c1-12-4-8-16(9-5-12)21-27(25,26)17-10-6-15(7-11-17)18(22)20-14(3)13(2)19(23)24/h4-11,13-14,21H,1-3H3,(H,20,22)(H,23,24). The molecule has 2 rings (SSSR count). The lowest BCUT2D eigenvalue weighted by Gasteiger charge is -2.17. The second-order valence-electron chi connectivity index (χ2n) is 6.38. The van der Waals surface area contributed by atoms with E-state index in [9.17, 15) is 18.0 Å². The lowest BCUT2D eigenvalue weighted by molar-refractivity contribution is -0.141. The molecular weight excluding hydrogens is 368 g/mol. The predicted octanol–water partition coefficient (Wildman–Crippen LogP) is 2.63. The molecule has 0 aromatic heterocycles. The third kappa shape index (κ3) is 5.30. The Morgan fingerprint density at radius 2 is 1.52 bits per heavy atom. The van der Waals surface area contributed by atoms with Crippen LogP contribution in [0.25, 0.3) is 0 Å². The molecule has 0 aliphatic rings. The van der Waals surface area contributed by atoms with Gasteiger partial charge in [-0.15, -0.1) is 0 Å². The maximum Gasteiger partial charge on any atom is 0.308 e. The fourth-order valence-corrected chi connectivity index (χ4v) is 3.31. The van der Waals surface area contributed by atoms with E-state index in [1.54, 1.807) is 31.2 Å². The number of carboxylic acid groups (broad SMARTS) is 1. The first-order valence-electron chi connectivity index (χ1n) is 8.33. The molecule has 2 atom stereocenters. The minimum atomic E-state index is -3.78. The van der Waals surface area contributed by atoms with Crippen LogP contribution in [0.2, 0.25) is 0 Å². The third-order valence-electron chi connectivity index (χ3n) is 4.23. The molecule has 0 saturated carbocycles. The topological polar surface area (TPSA) is 113 Å². The van der Waals surface area contributed by atoms with E-state index >= 15 is 0 Å². The summed E-state index contributed by atoms with van der Waals surface area (Å²) in [6.07, 6.45) is 0. The largest absolute Gasteiger partial charge is 0.481 e. The van der Waals surface area contributed by atoms with Gasteiger partial charge in [-0.2, -0.15) is 0 Å². The van der Waals surface area contributed by atoms with Gasteiger partial charge in [0.15, 0.2) is 0 Å². The molecule has 0 spiro atoms. The van der Waals surface area contributed by atoms with E-state index in [4.69, 9.17) is 5.11 Å². The van der Waals surface area contributed by atoms with Crippen LogP contribution < -0.4 is 10.0 Å². The van der Waals surface area contributed by atoms with Gasteiger partial charge in [0, 0.05) is 17.3 Å². The summed E-state index contributed by atoms with van der Waals surface area (Å²) in [6, 6.07) is 11.8. The van der Waals surface area contributed by atoms with E-state index in [0.717, 1.165) is 5.56 Å². The number of sulfonamides is 1. The second-order valence-corrected chi connectivity index (χ2v) is 8.07. The van der Waals surface area contributed by atoms with Gasteiger partial charge in [0.25, 0.3) is 15.9 Å². The van der Waals surface area contributed by atoms with Crippen LogP contribution >= 0.6 is 0 Å². The molecule has 0 radical (unpaired) electrons. The molecule has 2 unspecified atom stereocenters. The summed E-state index contributed by atoms with van der Waals surface area (Å²) in [6.45, 7) is 5.00. The van der Waals surface area contributed by atoms with E-state index < -0.39 is 33.9 Å². The summed E-state index contributed by atoms with van der Waals surface area (Å²) in [5.74, 6) is -2.22. The molecule has 144 valence electrons. The molecule has 0 aliphatic heterocycles. The third-order valence-corrected chi connectivity index (χ3v) is 5.63. The van der Waals surface area contributed by atoms with Crippen molar-refractivity contribution in [3.05, 3.63) is 59.7 Å². The zero-order valence-corrected chi connectivity index (χ0v) is 16.1. The molecular formula is C19H22N2O5S. The normalized spacial score (nSPS) is 13.4. The highest BCUT2D eigenvalue weighted by Crippen LogP contribution is 2.17. The fraction of sp³-hybridized carbons (Fsp3) is 0.263. The number of aryl methyl sites for hydroxylation is 1. The SMILES string of the molecule is Cc1ccc(NS(=O)(=O)c2ccc(C(=O)NC(C)C(C)C(=O)O)cc2)cc1. The molecule has 1 amide bonds. The zero-order chi connectivity index (χ0) is 20.2. The van der Waals surface area contributed by atoms with Crippen molar-refractivity contribution < 1.29 is 23.1 Å². The Morgan fingerprint density at radius 1 is 0.963 bits per heavy atom. The van der Waals surface area contributed by atoms with E-state index in [1.165, 1.54) is 31.2 Å². The van der Waals surface area contributed by atoms with E-state index in [2.05, 4.69) is 10.0 Å². The molecule has 7 nitrogen and oxygen atoms in total. The number of benzene rings is 2. The number of hydrogen-bond donors (Lipinski definition) is 3. The van der Waals surface area contributed by atoms with Crippen molar-refractivity contribution in [3.63, 3.8) is 0 Å². The van der Waals surface area contributed by atoms with Crippen LogP contribution in [0.1, 0.15) is 29.8 Å². The Bertz CT molecular complexity index is 922. The molecule has 0 fully saturated rings. The van der Waals surface area contributed by atoms with Gasteiger partial charge in [-0.3, -0.25) is 14.3 Å². The minimum absolute atomic E-state index is 0.0200. The highest BCUT2D eigenvalue weighted by molar-refractivity contribution is 7.92. The fourth-order valence-electron chi connectivity index (χ4n) is 2.25. The van der Waals surface area contributed by atoms with Crippen LogP contribution in [-0.2, 0) is 14.8 Å². The van der Waals surface area contributed by atoms with Gasteiger partial charge in [0.05, 0.1) is 10.8 Å². The number of nitrogens with one attached hydrogen (secondary N) is 2. The lowest BCUT2D eigenvalue weighted by Crippen LogP contribution is -2.40. The Hall–Kier alpha value is -2.87. The number of hydrogen-bond acceptors (Lipinski definition) is 4. The number of anilines is 1. The number of carbonyl (C=O) groups excluding carboxylic acids is 1. The Labute approximate surface area is 158 Å². The van der Waals surface area contributed by atoms with Crippen molar-refractivity contribution in [2.24, 2.45) is 5.92 Å². The summed E-state index contributed by atoms with van der Waals surface area (Å²) in [5, 5.41) is 11.6. The number of carbonyl (C=O) groups is 2. The van der Waals surface area contributed by atoms with Crippen LogP contribution in [0.4, 0.5) is 5.69 Å². The quantitative estimate of drug-likeness (QED) is 0.673. The van der Waals surface area contributed by atoms with Crippen LogP contribution in [-0.4, -0.2) is 31.4 Å². The smallest absolute Gasteiger partial charge is 0.308 e. The predicted molar refractivity (Wildman–Crippen MR) is 102 cm³/mol. The maximum atomic E-state index is 12.4. The zero-order valence-electron chi connectivity index (χ0n) is 15.3. The van der Waals surface area contributed by atoms with Gasteiger partial charge >= 0.3 is 5.97 Å². The highest BCUT2D eigenvalue weighted by atomic mass is 32.2. The van der Waals surface area contributed by atoms with Crippen LogP contribution in [0.3, 0.4) is 0 Å². The van der Waals surface area contributed by atoms with Crippen molar-refractivity contribution >= 4 is 27.6 Å². The van der Waals surface area contributed by atoms with Gasteiger partial charge in [-0.25, -0.2) is 8.42 Å². The van der Waals surface area contributed by atoms with Crippen molar-refractivity contribution in [1.82, 2.24) is 5.32 Å². The molecule has 3 N–H and O–H groups in total. The van der Waals surface area contributed by atoms with Gasteiger partial charge in [-0.05, 0) is 57.2 Å². The first-order chi connectivity index (χ1) is 12.6. The van der Waals surface area contributed by atoms with E-state index in [1.807, 2.05) is 6.92 Å². The average molecular weight is 390 g/mol. The van der Waals surface area contributed by atoms with Crippen LogP contribution in [0.15, 0.2) is 53.4 Å². The van der Waals surface area contributed by atoms with Gasteiger partial charge in [-0.1, -0.05) is 17.7 Å². The lowest BCUT2D eigenvalue weighted by atomic mass is 10.0. The summed E-state index contributed by atoms with van der Waals surface area (Å²) >= 11 is 0. The molecule has 0 saturated heterocycles. The molecule has 8 heteroatoms. The second kappa shape index (κ2) is 8.22. The number of amides is 1. The number of carboxylic acids is 1. The molecule has 2 aromatic rings. The monoisotopic (exact) mass is 390 g/mol. The number of rotatable bonds is 7. The van der Waals surface area contributed by atoms with Gasteiger partial charge in [0.2, 0.25) is 0 Å². The summed E-state index contributed by atoms with van der Waals surface area (Å²) in [5.41, 5.74) is 1.70. The van der Waals surface area contributed by atoms with E-state index in [0.29, 0.717) is 5.69 Å². The van der Waals surface area contributed by atoms with Gasteiger partial charge in [0.1, 0.15) is 0 Å². The maximum absolute atomic E-state index is 12.4. The summed E-state index contributed by atoms with van der Waals surface area (Å²) in [7, 11) is -3.78. The van der Waals surface area contributed by atoms with Gasteiger partial charge < -0.3 is 10.4 Å². The summed E-state index contributed by atoms with van der Waals surface area (Å²) < 4.78 is 27.3. The van der Waals surface area contributed by atoms with Crippen LogP contribution in [0, 0.1) is 12.8 Å². The molecule has 0 bridgehead atoms. The summed E-state index contributed by atoms with van der Waals surface area (Å²) in [4.78, 5) is 23.2. The van der Waals surface area contributed by atoms with Crippen LogP contribution in [0.5, 0.6) is 0 Å². The first kappa shape index (κ1) is 20.4. The van der Waals surface area contributed by atoms with Crippen molar-refractivity contribution in [3.8, 4) is 0 Å². The van der Waals surface area contributed by atoms with E-state index in [-0.39, 0.29) is 10.5 Å². The first-order valence-corrected chi connectivity index (χ1v) is 9.81. The Morgan fingerprint density at radius 3 is 2.04 bits per heavy atom. The minimum Gasteiger partial charge on any atom is -0.481 e. The average Bonchev–Trinajstić information content (AvgIpc) is 2.62. The Kier molecular flexibility index (Phi) is 6.22. The number of aliphatic carboxylic acids is 1. The van der Waals surface area contributed by atoms with Crippen molar-refractivity contribution in [2.75, 3.05) is 4.72 Å².